The standard InChI is InChI=1S/C18H18F3N3O4/c1-3-27-16(25)9-12(2)22-17(26)15-7-8-24(23-15)11-28-14-6-4-5-13(10-14)18(19,20)21/h4-10H,3,11H2,1-2H3,(H,22,26)/b12-9+. The zero-order valence-corrected chi connectivity index (χ0v) is 15.1. The summed E-state index contributed by atoms with van der Waals surface area (Å²) in [4.78, 5) is 23.4. The minimum absolute atomic E-state index is 0.0181. The molecule has 7 nitrogen and oxygen atoms in total. The highest BCUT2D eigenvalue weighted by atomic mass is 19.4. The molecule has 2 rings (SSSR count). The maximum absolute atomic E-state index is 12.7. The number of allylic oxidation sites excluding steroid dienone is 1. The maximum Gasteiger partial charge on any atom is 0.416 e. The first-order chi connectivity index (χ1) is 13.2. The van der Waals surface area contributed by atoms with E-state index in [9.17, 15) is 22.8 Å². The fraction of sp³-hybridized carbons (Fsp3) is 0.278. The lowest BCUT2D eigenvalue weighted by Crippen LogP contribution is -2.23. The monoisotopic (exact) mass is 397 g/mol. The van der Waals surface area contributed by atoms with Crippen LogP contribution in [0.3, 0.4) is 0 Å². The number of alkyl halides is 3. The predicted octanol–water partition coefficient (Wildman–Crippen LogP) is 3.14. The Kier molecular flexibility index (Phi) is 6.80. The molecule has 2 aromatic rings. The van der Waals surface area contributed by atoms with Gasteiger partial charge in [0.05, 0.1) is 12.2 Å². The van der Waals surface area contributed by atoms with Crippen molar-refractivity contribution in [1.82, 2.24) is 15.1 Å². The smallest absolute Gasteiger partial charge is 0.416 e. The van der Waals surface area contributed by atoms with E-state index in [-0.39, 0.29) is 30.5 Å². The third-order valence-corrected chi connectivity index (χ3v) is 3.33. The number of halogens is 3. The van der Waals surface area contributed by atoms with Gasteiger partial charge >= 0.3 is 12.1 Å². The van der Waals surface area contributed by atoms with Crippen LogP contribution in [-0.4, -0.2) is 28.3 Å². The number of benzene rings is 1. The number of amides is 1. The second-order valence-electron chi connectivity index (χ2n) is 5.57. The van der Waals surface area contributed by atoms with Crippen molar-refractivity contribution in [1.29, 1.82) is 0 Å². The van der Waals surface area contributed by atoms with Crippen LogP contribution in [0.15, 0.2) is 48.3 Å². The fourth-order valence-electron chi connectivity index (χ4n) is 2.10. The Morgan fingerprint density at radius 3 is 2.71 bits per heavy atom. The molecular formula is C18H18F3N3O4. The topological polar surface area (TPSA) is 82.5 Å². The van der Waals surface area contributed by atoms with Gasteiger partial charge < -0.3 is 14.8 Å². The average molecular weight is 397 g/mol. The number of hydrogen-bond donors (Lipinski definition) is 1. The number of rotatable bonds is 7. The van der Waals surface area contributed by atoms with Crippen molar-refractivity contribution in [2.75, 3.05) is 6.61 Å². The third-order valence-electron chi connectivity index (χ3n) is 3.33. The summed E-state index contributed by atoms with van der Waals surface area (Å²) in [5.74, 6) is -1.12. The Balaban J connectivity index is 1.95. The van der Waals surface area contributed by atoms with E-state index in [1.807, 2.05) is 0 Å². The van der Waals surface area contributed by atoms with Gasteiger partial charge in [-0.15, -0.1) is 0 Å². The van der Waals surface area contributed by atoms with Crippen LogP contribution < -0.4 is 10.1 Å². The van der Waals surface area contributed by atoms with Gasteiger partial charge in [0.25, 0.3) is 5.91 Å². The van der Waals surface area contributed by atoms with Gasteiger partial charge in [0.2, 0.25) is 0 Å². The molecule has 1 aromatic heterocycles. The molecule has 0 radical (unpaired) electrons. The van der Waals surface area contributed by atoms with Crippen LogP contribution >= 0.6 is 0 Å². The summed E-state index contributed by atoms with van der Waals surface area (Å²) >= 11 is 0. The van der Waals surface area contributed by atoms with E-state index in [1.54, 1.807) is 6.92 Å². The van der Waals surface area contributed by atoms with Crippen LogP contribution in [0.2, 0.25) is 0 Å². The molecule has 0 unspecified atom stereocenters. The molecule has 1 amide bonds. The van der Waals surface area contributed by atoms with Crippen molar-refractivity contribution in [3.63, 3.8) is 0 Å². The molecule has 0 saturated heterocycles. The molecule has 0 saturated carbocycles. The Labute approximate surface area is 158 Å². The second-order valence-corrected chi connectivity index (χ2v) is 5.57. The van der Waals surface area contributed by atoms with Gasteiger partial charge in [0.1, 0.15) is 5.75 Å². The maximum atomic E-state index is 12.7. The minimum Gasteiger partial charge on any atom is -0.471 e. The van der Waals surface area contributed by atoms with Crippen LogP contribution in [0.1, 0.15) is 29.9 Å². The van der Waals surface area contributed by atoms with Gasteiger partial charge in [-0.05, 0) is 38.1 Å². The molecule has 1 aromatic carbocycles. The molecule has 0 spiro atoms. The van der Waals surface area contributed by atoms with Crippen molar-refractivity contribution in [3.05, 3.63) is 59.6 Å². The molecule has 0 atom stereocenters. The van der Waals surface area contributed by atoms with Gasteiger partial charge in [-0.2, -0.15) is 18.3 Å². The molecule has 1 heterocycles. The Morgan fingerprint density at radius 1 is 1.29 bits per heavy atom. The molecule has 1 N–H and O–H groups in total. The number of carbonyl (C=O) groups is 2. The molecular weight excluding hydrogens is 379 g/mol. The molecule has 0 aliphatic carbocycles. The molecule has 10 heteroatoms. The number of aromatic nitrogens is 2. The van der Waals surface area contributed by atoms with Crippen molar-refractivity contribution < 1.29 is 32.2 Å². The van der Waals surface area contributed by atoms with E-state index >= 15 is 0 Å². The molecule has 28 heavy (non-hydrogen) atoms. The van der Waals surface area contributed by atoms with E-state index in [0.717, 1.165) is 18.2 Å². The first-order valence-corrected chi connectivity index (χ1v) is 8.19. The van der Waals surface area contributed by atoms with Crippen LogP contribution in [0.4, 0.5) is 13.2 Å². The highest BCUT2D eigenvalue weighted by molar-refractivity contribution is 5.94. The van der Waals surface area contributed by atoms with Crippen molar-refractivity contribution in [2.45, 2.75) is 26.8 Å². The Hall–Kier alpha value is -3.30. The van der Waals surface area contributed by atoms with Gasteiger partial charge in [-0.3, -0.25) is 4.79 Å². The summed E-state index contributed by atoms with van der Waals surface area (Å²) in [6.07, 6.45) is -1.90. The van der Waals surface area contributed by atoms with Crippen molar-refractivity contribution >= 4 is 11.9 Å². The number of nitrogens with one attached hydrogen (secondary N) is 1. The van der Waals surface area contributed by atoms with E-state index in [0.29, 0.717) is 0 Å². The molecule has 0 aliphatic rings. The highest BCUT2D eigenvalue weighted by Crippen LogP contribution is 2.31. The van der Waals surface area contributed by atoms with Crippen LogP contribution in [0, 0.1) is 0 Å². The van der Waals surface area contributed by atoms with E-state index in [1.165, 1.54) is 36.0 Å². The highest BCUT2D eigenvalue weighted by Gasteiger charge is 2.30. The number of nitrogens with zero attached hydrogens (tertiary/aromatic N) is 2. The van der Waals surface area contributed by atoms with E-state index in [4.69, 9.17) is 9.47 Å². The predicted molar refractivity (Wildman–Crippen MR) is 92.2 cm³/mol. The average Bonchev–Trinajstić information content (AvgIpc) is 3.08. The Bertz CT molecular complexity index is 875. The summed E-state index contributed by atoms with van der Waals surface area (Å²) in [6, 6.07) is 5.84. The third kappa shape index (κ3) is 6.15. The normalized spacial score (nSPS) is 11.8. The van der Waals surface area contributed by atoms with Crippen molar-refractivity contribution in [2.24, 2.45) is 0 Å². The number of ether oxygens (including phenoxy) is 2. The minimum atomic E-state index is -4.47. The van der Waals surface area contributed by atoms with E-state index < -0.39 is 23.6 Å². The van der Waals surface area contributed by atoms with Crippen LogP contribution in [0.25, 0.3) is 0 Å². The largest absolute Gasteiger partial charge is 0.471 e. The van der Waals surface area contributed by atoms with Gasteiger partial charge in [0, 0.05) is 18.0 Å². The molecule has 150 valence electrons. The lowest BCUT2D eigenvalue weighted by atomic mass is 10.2. The number of esters is 1. The van der Waals surface area contributed by atoms with Gasteiger partial charge in [-0.25, -0.2) is 9.48 Å². The first-order valence-electron chi connectivity index (χ1n) is 8.19. The Morgan fingerprint density at radius 2 is 2.04 bits per heavy atom. The SMILES string of the molecule is CCOC(=O)/C=C(\C)NC(=O)c1ccn(COc2cccc(C(F)(F)F)c2)n1. The van der Waals surface area contributed by atoms with Crippen LogP contribution in [-0.2, 0) is 22.4 Å². The van der Waals surface area contributed by atoms with Crippen LogP contribution in [0.5, 0.6) is 5.75 Å². The zero-order chi connectivity index (χ0) is 20.7. The first kappa shape index (κ1) is 21.0. The second kappa shape index (κ2) is 9.07. The number of hydrogen-bond acceptors (Lipinski definition) is 5. The van der Waals surface area contributed by atoms with Gasteiger partial charge in [-0.1, -0.05) is 6.07 Å². The molecule has 0 bridgehead atoms. The number of carbonyl (C=O) groups excluding carboxylic acids is 2. The molecule has 0 aliphatic heterocycles. The lowest BCUT2D eigenvalue weighted by molar-refractivity contribution is -0.138. The summed E-state index contributed by atoms with van der Waals surface area (Å²) in [5, 5.41) is 6.46. The summed E-state index contributed by atoms with van der Waals surface area (Å²) < 4.78 is 49.4. The fourth-order valence-corrected chi connectivity index (χ4v) is 2.10. The summed E-state index contributed by atoms with van der Waals surface area (Å²) in [6.45, 7) is 3.20. The summed E-state index contributed by atoms with van der Waals surface area (Å²) in [7, 11) is 0. The molecule has 0 fully saturated rings. The van der Waals surface area contributed by atoms with Crippen molar-refractivity contribution in [3.8, 4) is 5.75 Å². The van der Waals surface area contributed by atoms with Gasteiger partial charge in [0.15, 0.2) is 12.4 Å². The summed E-state index contributed by atoms with van der Waals surface area (Å²) in [5.41, 5.74) is -0.503. The van der Waals surface area contributed by atoms with E-state index in [2.05, 4.69) is 10.4 Å². The lowest BCUT2D eigenvalue weighted by Gasteiger charge is -2.10. The zero-order valence-electron chi connectivity index (χ0n) is 15.1. The quantitative estimate of drug-likeness (QED) is 0.573.